The van der Waals surface area contributed by atoms with Crippen molar-refractivity contribution in [2.24, 2.45) is 5.41 Å². The van der Waals surface area contributed by atoms with Crippen LogP contribution in [0.15, 0.2) is 60.9 Å². The Morgan fingerprint density at radius 1 is 0.889 bits per heavy atom. The maximum atomic E-state index is 12.5. The number of nitrogens with zero attached hydrogens (tertiary/aromatic N) is 6. The molecule has 2 aliphatic heterocycles. The number of carbonyl (C=O) groups is 1. The SMILES string of the molecule is CC(C)(C)OC(=O)N1CC2(CCN(C3CCC(n4nc(-c5ccc(Oc6ccccc6)cc5)c5c(N)ncnc54)CC3)CC2)C1. The Balaban J connectivity index is 0.987. The van der Waals surface area contributed by atoms with Crippen LogP contribution >= 0.6 is 0 Å². The smallest absolute Gasteiger partial charge is 0.410 e. The number of aromatic nitrogens is 4. The second-order valence-electron chi connectivity index (χ2n) is 14.0. The van der Waals surface area contributed by atoms with Crippen LogP contribution in [-0.2, 0) is 4.74 Å². The van der Waals surface area contributed by atoms with Gasteiger partial charge in [0, 0.05) is 30.1 Å². The molecule has 2 saturated heterocycles. The average Bonchev–Trinajstić information content (AvgIpc) is 3.41. The molecule has 1 aliphatic carbocycles. The molecule has 3 aliphatic rings. The van der Waals surface area contributed by atoms with E-state index in [1.165, 1.54) is 6.33 Å². The van der Waals surface area contributed by atoms with E-state index in [0.29, 0.717) is 11.9 Å². The molecule has 236 valence electrons. The Morgan fingerprint density at radius 3 is 2.20 bits per heavy atom. The van der Waals surface area contributed by atoms with E-state index in [1.807, 2.05) is 80.3 Å². The van der Waals surface area contributed by atoms with Crippen molar-refractivity contribution in [2.75, 3.05) is 31.9 Å². The number of carbonyl (C=O) groups excluding carboxylic acids is 1. The van der Waals surface area contributed by atoms with Gasteiger partial charge >= 0.3 is 6.09 Å². The number of likely N-dealkylation sites (tertiary alicyclic amines) is 2. The summed E-state index contributed by atoms with van der Waals surface area (Å²) >= 11 is 0. The fraction of sp³-hybridized carbons (Fsp3) is 0.486. The first-order chi connectivity index (χ1) is 21.7. The van der Waals surface area contributed by atoms with Gasteiger partial charge in [-0.1, -0.05) is 18.2 Å². The lowest BCUT2D eigenvalue weighted by Gasteiger charge is -2.54. The van der Waals surface area contributed by atoms with Crippen molar-refractivity contribution in [3.63, 3.8) is 0 Å². The standard InChI is InChI=1S/C35H43N7O3/c1-34(2,3)45-33(43)41-21-35(22-41)17-19-40(20-18-35)25-11-13-26(14-12-25)42-32-29(31(36)37-23-38-32)30(39-42)24-9-15-28(16-10-24)44-27-7-5-4-6-8-27/h4-10,15-16,23,25-26H,11-14,17-22H2,1-3H3,(H2,36,37,38). The van der Waals surface area contributed by atoms with E-state index in [-0.39, 0.29) is 17.6 Å². The van der Waals surface area contributed by atoms with Crippen LogP contribution in [0.25, 0.3) is 22.3 Å². The van der Waals surface area contributed by atoms with E-state index in [0.717, 1.165) is 98.5 Å². The van der Waals surface area contributed by atoms with Crippen molar-refractivity contribution < 1.29 is 14.3 Å². The zero-order chi connectivity index (χ0) is 31.2. The molecule has 10 heteroatoms. The van der Waals surface area contributed by atoms with Gasteiger partial charge in [0.1, 0.15) is 34.9 Å². The molecular weight excluding hydrogens is 566 g/mol. The lowest BCUT2D eigenvalue weighted by atomic mass is 9.71. The number of hydrogen-bond donors (Lipinski definition) is 1. The van der Waals surface area contributed by atoms with Crippen LogP contribution < -0.4 is 10.5 Å². The van der Waals surface area contributed by atoms with Gasteiger partial charge in [-0.3, -0.25) is 0 Å². The molecule has 1 amide bonds. The molecule has 0 atom stereocenters. The number of para-hydroxylation sites is 1. The Bertz CT molecular complexity index is 1640. The fourth-order valence-electron chi connectivity index (χ4n) is 7.32. The Kier molecular flexibility index (Phi) is 7.63. The molecule has 1 spiro atoms. The van der Waals surface area contributed by atoms with Gasteiger partial charge in [-0.15, -0.1) is 0 Å². The number of piperidine rings is 1. The van der Waals surface area contributed by atoms with E-state index >= 15 is 0 Å². The van der Waals surface area contributed by atoms with Gasteiger partial charge in [0.05, 0.1) is 11.4 Å². The van der Waals surface area contributed by atoms with Crippen molar-refractivity contribution in [3.8, 4) is 22.8 Å². The van der Waals surface area contributed by atoms with Crippen LogP contribution in [-0.4, -0.2) is 73.5 Å². The summed E-state index contributed by atoms with van der Waals surface area (Å²) in [5.74, 6) is 2.01. The van der Waals surface area contributed by atoms with Crippen molar-refractivity contribution in [1.82, 2.24) is 29.5 Å². The third-order valence-corrected chi connectivity index (χ3v) is 9.72. The predicted molar refractivity (Wildman–Crippen MR) is 174 cm³/mol. The van der Waals surface area contributed by atoms with Crippen LogP contribution in [0.2, 0.25) is 0 Å². The van der Waals surface area contributed by atoms with Gasteiger partial charge in [0.15, 0.2) is 5.65 Å². The molecule has 0 bridgehead atoms. The normalized spacial score (nSPS) is 21.9. The maximum Gasteiger partial charge on any atom is 0.410 e. The molecule has 3 fully saturated rings. The largest absolute Gasteiger partial charge is 0.457 e. The number of benzene rings is 2. The summed E-state index contributed by atoms with van der Waals surface area (Å²) in [6.07, 6.45) is 8.00. The molecule has 45 heavy (non-hydrogen) atoms. The Labute approximate surface area is 264 Å². The summed E-state index contributed by atoms with van der Waals surface area (Å²) in [4.78, 5) is 26.0. The summed E-state index contributed by atoms with van der Waals surface area (Å²) in [6, 6.07) is 18.6. The molecule has 2 N–H and O–H groups in total. The number of hydrogen-bond acceptors (Lipinski definition) is 8. The van der Waals surface area contributed by atoms with E-state index in [2.05, 4.69) is 19.5 Å². The average molecular weight is 610 g/mol. The van der Waals surface area contributed by atoms with Crippen LogP contribution in [0.1, 0.15) is 65.3 Å². The highest BCUT2D eigenvalue weighted by molar-refractivity contribution is 5.98. The molecule has 4 heterocycles. The van der Waals surface area contributed by atoms with Gasteiger partial charge < -0.3 is 25.0 Å². The zero-order valence-corrected chi connectivity index (χ0v) is 26.5. The number of nitrogens with two attached hydrogens (primary N) is 1. The number of rotatable bonds is 5. The zero-order valence-electron chi connectivity index (χ0n) is 26.5. The number of nitrogen functional groups attached to an aromatic ring is 1. The first-order valence-corrected chi connectivity index (χ1v) is 16.2. The van der Waals surface area contributed by atoms with Gasteiger partial charge in [0.2, 0.25) is 0 Å². The quantitative estimate of drug-likeness (QED) is 0.267. The molecular formula is C35H43N7O3. The first-order valence-electron chi connectivity index (χ1n) is 16.2. The lowest BCUT2D eigenvalue weighted by Crippen LogP contribution is -2.63. The van der Waals surface area contributed by atoms with Crippen molar-refractivity contribution in [1.29, 1.82) is 0 Å². The van der Waals surface area contributed by atoms with Crippen LogP contribution in [0, 0.1) is 5.41 Å². The van der Waals surface area contributed by atoms with Crippen LogP contribution in [0.3, 0.4) is 0 Å². The minimum absolute atomic E-state index is 0.177. The molecule has 0 radical (unpaired) electrons. The first kappa shape index (κ1) is 29.5. The molecule has 4 aromatic rings. The van der Waals surface area contributed by atoms with Crippen LogP contribution in [0.5, 0.6) is 11.5 Å². The Morgan fingerprint density at radius 2 is 1.53 bits per heavy atom. The van der Waals surface area contributed by atoms with Gasteiger partial charge in [0.25, 0.3) is 0 Å². The maximum absolute atomic E-state index is 12.5. The van der Waals surface area contributed by atoms with Crippen molar-refractivity contribution in [3.05, 3.63) is 60.9 Å². The highest BCUT2D eigenvalue weighted by Crippen LogP contribution is 2.43. The number of anilines is 1. The highest BCUT2D eigenvalue weighted by atomic mass is 16.6. The monoisotopic (exact) mass is 609 g/mol. The topological polar surface area (TPSA) is 112 Å². The second-order valence-corrected chi connectivity index (χ2v) is 14.0. The van der Waals surface area contributed by atoms with Gasteiger partial charge in [-0.25, -0.2) is 19.4 Å². The molecule has 0 unspecified atom stereocenters. The van der Waals surface area contributed by atoms with E-state index < -0.39 is 5.60 Å². The summed E-state index contributed by atoms with van der Waals surface area (Å²) in [6.45, 7) is 9.61. The van der Waals surface area contributed by atoms with E-state index in [9.17, 15) is 4.79 Å². The van der Waals surface area contributed by atoms with Crippen molar-refractivity contribution in [2.45, 2.75) is 77.0 Å². The summed E-state index contributed by atoms with van der Waals surface area (Å²) < 4.78 is 13.7. The fourth-order valence-corrected chi connectivity index (χ4v) is 7.32. The van der Waals surface area contributed by atoms with Gasteiger partial charge in [-0.05, 0) is 109 Å². The predicted octanol–water partition coefficient (Wildman–Crippen LogP) is 6.68. The highest BCUT2D eigenvalue weighted by Gasteiger charge is 2.48. The molecule has 2 aromatic heterocycles. The van der Waals surface area contributed by atoms with Gasteiger partial charge in [-0.2, -0.15) is 5.10 Å². The number of fused-ring (bicyclic) bond motifs is 1. The minimum Gasteiger partial charge on any atom is -0.457 e. The summed E-state index contributed by atoms with van der Waals surface area (Å²) in [5.41, 5.74) is 8.79. The third-order valence-electron chi connectivity index (χ3n) is 9.72. The number of amides is 1. The molecule has 1 saturated carbocycles. The minimum atomic E-state index is -0.449. The number of ether oxygens (including phenoxy) is 2. The molecule has 7 rings (SSSR count). The molecule has 10 nitrogen and oxygen atoms in total. The second kappa shape index (κ2) is 11.6. The Hall–Kier alpha value is -4.18. The van der Waals surface area contributed by atoms with Crippen molar-refractivity contribution >= 4 is 22.9 Å². The molecule has 2 aromatic carbocycles. The van der Waals surface area contributed by atoms with E-state index in [4.69, 9.17) is 20.3 Å². The third kappa shape index (κ3) is 6.08. The summed E-state index contributed by atoms with van der Waals surface area (Å²) in [5, 5.41) is 5.92. The lowest BCUT2D eigenvalue weighted by molar-refractivity contribution is -0.0660. The van der Waals surface area contributed by atoms with E-state index in [1.54, 1.807) is 0 Å². The summed E-state index contributed by atoms with van der Waals surface area (Å²) in [7, 11) is 0. The van der Waals surface area contributed by atoms with Crippen LogP contribution in [0.4, 0.5) is 10.6 Å².